The zero-order valence-corrected chi connectivity index (χ0v) is 16.5. The fourth-order valence-electron chi connectivity index (χ4n) is 3.36. The molecule has 2 heterocycles. The number of piperazine rings is 1. The van der Waals surface area contributed by atoms with Crippen LogP contribution in [0.25, 0.3) is 5.69 Å². The van der Waals surface area contributed by atoms with Crippen molar-refractivity contribution in [1.82, 2.24) is 25.1 Å². The Labute approximate surface area is 174 Å². The van der Waals surface area contributed by atoms with Crippen molar-refractivity contribution in [1.29, 1.82) is 5.26 Å². The van der Waals surface area contributed by atoms with Crippen molar-refractivity contribution in [3.8, 4) is 17.5 Å². The number of carbonyl (C=O) groups is 1. The molecule has 152 valence electrons. The van der Waals surface area contributed by atoms with Crippen LogP contribution in [0.1, 0.15) is 12.5 Å². The number of ether oxygens (including phenoxy) is 1. The molecule has 0 bridgehead atoms. The average Bonchev–Trinajstić information content (AvgIpc) is 3.30. The fraction of sp³-hybridized carbons (Fsp3) is 0.286. The highest BCUT2D eigenvalue weighted by Crippen LogP contribution is 2.18. The van der Waals surface area contributed by atoms with Gasteiger partial charge < -0.3 is 14.5 Å². The van der Waals surface area contributed by atoms with Gasteiger partial charge in [0.25, 0.3) is 5.91 Å². The third kappa shape index (κ3) is 4.07. The summed E-state index contributed by atoms with van der Waals surface area (Å²) in [4.78, 5) is 16.7. The first-order valence-electron chi connectivity index (χ1n) is 9.70. The van der Waals surface area contributed by atoms with E-state index >= 15 is 0 Å². The van der Waals surface area contributed by atoms with Gasteiger partial charge in [-0.2, -0.15) is 9.94 Å². The number of nitrogens with zero attached hydrogens (tertiary/aromatic N) is 7. The highest BCUT2D eigenvalue weighted by Gasteiger charge is 2.28. The zero-order valence-electron chi connectivity index (χ0n) is 16.5. The Morgan fingerprint density at radius 3 is 2.43 bits per heavy atom. The van der Waals surface area contributed by atoms with E-state index in [2.05, 4.69) is 26.5 Å². The number of nitriles is 1. The smallest absolute Gasteiger partial charge is 0.263 e. The van der Waals surface area contributed by atoms with Crippen molar-refractivity contribution in [2.24, 2.45) is 0 Å². The van der Waals surface area contributed by atoms with Crippen LogP contribution < -0.4 is 9.64 Å². The summed E-state index contributed by atoms with van der Waals surface area (Å²) in [5.41, 5.74) is 1.44. The van der Waals surface area contributed by atoms with E-state index in [0.29, 0.717) is 43.4 Å². The zero-order chi connectivity index (χ0) is 20.9. The van der Waals surface area contributed by atoms with E-state index in [4.69, 9.17) is 10.00 Å². The summed E-state index contributed by atoms with van der Waals surface area (Å²) in [5, 5.41) is 21.0. The summed E-state index contributed by atoms with van der Waals surface area (Å²) < 4.78 is 7.46. The van der Waals surface area contributed by atoms with E-state index < -0.39 is 6.10 Å². The van der Waals surface area contributed by atoms with Gasteiger partial charge in [-0.1, -0.05) is 23.3 Å². The number of carbonyl (C=O) groups excluding carboxylic acids is 1. The molecule has 1 aromatic heterocycles. The molecule has 3 aromatic rings. The van der Waals surface area contributed by atoms with E-state index in [1.54, 1.807) is 40.8 Å². The minimum absolute atomic E-state index is 0.0679. The molecule has 1 fully saturated rings. The highest BCUT2D eigenvalue weighted by molar-refractivity contribution is 5.81. The number of benzene rings is 2. The maximum atomic E-state index is 12.8. The van der Waals surface area contributed by atoms with Crippen molar-refractivity contribution in [3.05, 3.63) is 60.2 Å². The number of hydrogen-bond acceptors (Lipinski definition) is 7. The average molecular weight is 403 g/mol. The molecule has 0 spiro atoms. The van der Waals surface area contributed by atoms with Gasteiger partial charge in [0.2, 0.25) is 5.95 Å². The maximum absolute atomic E-state index is 12.8. The van der Waals surface area contributed by atoms with Crippen molar-refractivity contribution in [3.63, 3.8) is 0 Å². The number of aromatic nitrogens is 4. The number of hydrogen-bond donors (Lipinski definition) is 0. The second-order valence-corrected chi connectivity index (χ2v) is 6.93. The second-order valence-electron chi connectivity index (χ2n) is 6.93. The number of para-hydroxylation sites is 1. The van der Waals surface area contributed by atoms with Gasteiger partial charge in [-0.15, -0.1) is 0 Å². The fourth-order valence-corrected chi connectivity index (χ4v) is 3.36. The SMILES string of the molecule is CC(Oc1ccc(C#N)cc1)C(=O)N1CCN(c2nnnn2-c2ccccc2)CC1. The normalized spacial score (nSPS) is 14.8. The Kier molecular flexibility index (Phi) is 5.57. The van der Waals surface area contributed by atoms with Crippen LogP contribution in [0.15, 0.2) is 54.6 Å². The Balaban J connectivity index is 1.36. The lowest BCUT2D eigenvalue weighted by Crippen LogP contribution is -2.52. The summed E-state index contributed by atoms with van der Waals surface area (Å²) in [6.07, 6.45) is -0.612. The predicted octanol–water partition coefficient (Wildman–Crippen LogP) is 1.65. The standard InChI is InChI=1S/C21H21N7O2/c1-16(30-19-9-7-17(15-22)8-10-19)20(29)26-11-13-27(14-12-26)21-23-24-25-28(21)18-5-3-2-4-6-18/h2-10,16H,11-14H2,1H3. The van der Waals surface area contributed by atoms with Gasteiger partial charge in [0.05, 0.1) is 17.3 Å². The van der Waals surface area contributed by atoms with Crippen LogP contribution in [0.4, 0.5) is 5.95 Å². The Morgan fingerprint density at radius 1 is 1.07 bits per heavy atom. The molecule has 1 amide bonds. The molecule has 1 unspecified atom stereocenters. The van der Waals surface area contributed by atoms with Crippen LogP contribution in [0.5, 0.6) is 5.75 Å². The van der Waals surface area contributed by atoms with E-state index in [1.165, 1.54) is 0 Å². The van der Waals surface area contributed by atoms with Crippen LogP contribution >= 0.6 is 0 Å². The number of rotatable bonds is 5. The summed E-state index contributed by atoms with van der Waals surface area (Å²) in [5.74, 6) is 1.16. The number of amides is 1. The molecule has 1 saturated heterocycles. The third-order valence-corrected chi connectivity index (χ3v) is 4.97. The van der Waals surface area contributed by atoms with Gasteiger partial charge in [-0.25, -0.2) is 0 Å². The molecular weight excluding hydrogens is 382 g/mol. The summed E-state index contributed by atoms with van der Waals surface area (Å²) >= 11 is 0. The molecule has 0 aliphatic carbocycles. The first kappa shape index (κ1) is 19.4. The lowest BCUT2D eigenvalue weighted by atomic mass is 10.2. The number of anilines is 1. The summed E-state index contributed by atoms with van der Waals surface area (Å²) in [7, 11) is 0. The number of tetrazole rings is 1. The first-order chi connectivity index (χ1) is 14.7. The van der Waals surface area contributed by atoms with Crippen molar-refractivity contribution in [2.45, 2.75) is 13.0 Å². The van der Waals surface area contributed by atoms with Gasteiger partial charge in [-0.3, -0.25) is 4.79 Å². The van der Waals surface area contributed by atoms with Gasteiger partial charge in [0.15, 0.2) is 6.10 Å². The predicted molar refractivity (Wildman–Crippen MR) is 109 cm³/mol. The Bertz CT molecular complexity index is 1040. The minimum atomic E-state index is -0.612. The molecule has 0 N–H and O–H groups in total. The van der Waals surface area contributed by atoms with Crippen molar-refractivity contribution >= 4 is 11.9 Å². The van der Waals surface area contributed by atoms with Crippen LogP contribution in [0.3, 0.4) is 0 Å². The van der Waals surface area contributed by atoms with E-state index in [1.807, 2.05) is 30.3 Å². The third-order valence-electron chi connectivity index (χ3n) is 4.97. The molecule has 1 atom stereocenters. The molecule has 4 rings (SSSR count). The maximum Gasteiger partial charge on any atom is 0.263 e. The van der Waals surface area contributed by atoms with Crippen molar-refractivity contribution in [2.75, 3.05) is 31.1 Å². The van der Waals surface area contributed by atoms with Gasteiger partial charge in [0.1, 0.15) is 5.75 Å². The molecule has 1 aliphatic rings. The Morgan fingerprint density at radius 2 is 1.77 bits per heavy atom. The lowest BCUT2D eigenvalue weighted by molar-refractivity contribution is -0.138. The quantitative estimate of drug-likeness (QED) is 0.638. The van der Waals surface area contributed by atoms with Crippen LogP contribution in [0.2, 0.25) is 0 Å². The van der Waals surface area contributed by atoms with Gasteiger partial charge in [-0.05, 0) is 53.7 Å². The van der Waals surface area contributed by atoms with Gasteiger partial charge >= 0.3 is 0 Å². The largest absolute Gasteiger partial charge is 0.481 e. The Hall–Kier alpha value is -3.93. The molecular formula is C21H21N7O2. The molecule has 0 saturated carbocycles. The topological polar surface area (TPSA) is 100 Å². The monoisotopic (exact) mass is 403 g/mol. The van der Waals surface area contributed by atoms with Crippen molar-refractivity contribution < 1.29 is 9.53 Å². The summed E-state index contributed by atoms with van der Waals surface area (Å²) in [6, 6.07) is 18.5. The molecule has 2 aromatic carbocycles. The lowest BCUT2D eigenvalue weighted by Gasteiger charge is -2.35. The summed E-state index contributed by atoms with van der Waals surface area (Å²) in [6.45, 7) is 4.11. The molecule has 0 radical (unpaired) electrons. The first-order valence-corrected chi connectivity index (χ1v) is 9.70. The molecule has 30 heavy (non-hydrogen) atoms. The second kappa shape index (κ2) is 8.61. The minimum Gasteiger partial charge on any atom is -0.481 e. The van der Waals surface area contributed by atoms with E-state index in [-0.39, 0.29) is 5.91 Å². The molecule has 9 nitrogen and oxygen atoms in total. The van der Waals surface area contributed by atoms with E-state index in [9.17, 15) is 4.79 Å². The van der Waals surface area contributed by atoms with E-state index in [0.717, 1.165) is 5.69 Å². The molecule has 9 heteroatoms. The van der Waals surface area contributed by atoms with Gasteiger partial charge in [0, 0.05) is 26.2 Å². The van der Waals surface area contributed by atoms with Crippen LogP contribution in [0, 0.1) is 11.3 Å². The van der Waals surface area contributed by atoms with Crippen LogP contribution in [-0.4, -0.2) is 63.3 Å². The highest BCUT2D eigenvalue weighted by atomic mass is 16.5. The van der Waals surface area contributed by atoms with Crippen LogP contribution in [-0.2, 0) is 4.79 Å². The molecule has 1 aliphatic heterocycles.